The highest BCUT2D eigenvalue weighted by molar-refractivity contribution is 5.54. The van der Waals surface area contributed by atoms with Crippen molar-refractivity contribution in [1.82, 2.24) is 9.97 Å². The van der Waals surface area contributed by atoms with E-state index >= 15 is 0 Å². The molecule has 124 valence electrons. The van der Waals surface area contributed by atoms with Crippen molar-refractivity contribution < 1.29 is 4.74 Å². The van der Waals surface area contributed by atoms with Crippen LogP contribution >= 0.6 is 0 Å². The molecule has 0 radical (unpaired) electrons. The molecule has 1 aromatic heterocycles. The van der Waals surface area contributed by atoms with Gasteiger partial charge in [-0.3, -0.25) is 9.78 Å². The lowest BCUT2D eigenvalue weighted by Crippen LogP contribution is -2.18. The molecule has 2 N–H and O–H groups in total. The fourth-order valence-corrected chi connectivity index (χ4v) is 2.33. The third-order valence-corrected chi connectivity index (χ3v) is 3.62. The minimum absolute atomic E-state index is 0.0633. The van der Waals surface area contributed by atoms with E-state index in [9.17, 15) is 4.79 Å². The average Bonchev–Trinajstić information content (AvgIpc) is 2.48. The molecule has 0 amide bonds. The molecule has 5 nitrogen and oxygen atoms in total. The molecule has 0 fully saturated rings. The summed E-state index contributed by atoms with van der Waals surface area (Å²) in [5, 5.41) is 3.12. The van der Waals surface area contributed by atoms with Crippen LogP contribution in [0, 0.1) is 12.8 Å². The van der Waals surface area contributed by atoms with Gasteiger partial charge in [0.2, 0.25) is 5.95 Å². The Morgan fingerprint density at radius 1 is 1.26 bits per heavy atom. The molecule has 0 spiro atoms. The second kappa shape index (κ2) is 7.81. The molecule has 0 saturated carbocycles. The summed E-state index contributed by atoms with van der Waals surface area (Å²) in [7, 11) is 0. The maximum Gasteiger partial charge on any atom is 0.255 e. The van der Waals surface area contributed by atoms with Gasteiger partial charge < -0.3 is 10.1 Å². The van der Waals surface area contributed by atoms with Gasteiger partial charge in [-0.2, -0.15) is 0 Å². The number of aryl methyl sites for hydroxylation is 1. The van der Waals surface area contributed by atoms with Crippen molar-refractivity contribution in [2.45, 2.75) is 40.5 Å². The van der Waals surface area contributed by atoms with Gasteiger partial charge in [0.05, 0.1) is 6.61 Å². The van der Waals surface area contributed by atoms with E-state index in [1.807, 2.05) is 38.1 Å². The van der Waals surface area contributed by atoms with Crippen molar-refractivity contribution in [3.05, 3.63) is 45.9 Å². The van der Waals surface area contributed by atoms with Gasteiger partial charge in [0.15, 0.2) is 0 Å². The zero-order valence-electron chi connectivity index (χ0n) is 14.3. The van der Waals surface area contributed by atoms with Gasteiger partial charge in [0.1, 0.15) is 5.75 Å². The number of anilines is 2. The molecule has 0 aliphatic heterocycles. The standard InChI is InChI=1S/C18H25N3O2/c1-5-23-15-9-7-14(8-10-15)20-18-19-13(4)16(17(22)21-18)11-6-12(2)3/h7-10,12H,5-6,11H2,1-4H3,(H2,19,20,21,22). The van der Waals surface area contributed by atoms with Gasteiger partial charge in [-0.15, -0.1) is 0 Å². The summed E-state index contributed by atoms with van der Waals surface area (Å²) >= 11 is 0. The number of ether oxygens (including phenoxy) is 1. The summed E-state index contributed by atoms with van der Waals surface area (Å²) in [5.74, 6) is 1.85. The molecule has 0 atom stereocenters. The molecule has 0 bridgehead atoms. The van der Waals surface area contributed by atoms with Gasteiger partial charge in [-0.25, -0.2) is 4.98 Å². The van der Waals surface area contributed by atoms with E-state index in [4.69, 9.17) is 4.74 Å². The van der Waals surface area contributed by atoms with Gasteiger partial charge in [-0.1, -0.05) is 13.8 Å². The van der Waals surface area contributed by atoms with Crippen LogP contribution in [-0.4, -0.2) is 16.6 Å². The molecule has 0 unspecified atom stereocenters. The fraction of sp³-hybridized carbons (Fsp3) is 0.444. The lowest BCUT2D eigenvalue weighted by molar-refractivity contribution is 0.340. The Morgan fingerprint density at radius 3 is 2.52 bits per heavy atom. The number of aromatic amines is 1. The molecule has 2 rings (SSSR count). The summed E-state index contributed by atoms with van der Waals surface area (Å²) < 4.78 is 5.41. The van der Waals surface area contributed by atoms with E-state index in [1.165, 1.54) is 0 Å². The molecule has 1 heterocycles. The maximum atomic E-state index is 12.2. The molecular formula is C18H25N3O2. The summed E-state index contributed by atoms with van der Waals surface area (Å²) in [6.45, 7) is 8.77. The molecule has 0 saturated heterocycles. The van der Waals surface area contributed by atoms with E-state index in [2.05, 4.69) is 29.1 Å². The summed E-state index contributed by atoms with van der Waals surface area (Å²) in [6.07, 6.45) is 1.74. The number of nitrogens with zero attached hydrogens (tertiary/aromatic N) is 1. The van der Waals surface area contributed by atoms with Crippen molar-refractivity contribution in [1.29, 1.82) is 0 Å². The summed E-state index contributed by atoms with van der Waals surface area (Å²) in [6, 6.07) is 7.56. The largest absolute Gasteiger partial charge is 0.494 e. The second-order valence-corrected chi connectivity index (χ2v) is 5.99. The van der Waals surface area contributed by atoms with Crippen LogP contribution in [0.4, 0.5) is 11.6 Å². The first kappa shape index (κ1) is 17.1. The number of nitrogens with one attached hydrogen (secondary N) is 2. The highest BCUT2D eigenvalue weighted by Crippen LogP contribution is 2.18. The second-order valence-electron chi connectivity index (χ2n) is 5.99. The Bertz CT molecular complexity index is 690. The van der Waals surface area contributed by atoms with E-state index in [1.54, 1.807) is 0 Å². The third-order valence-electron chi connectivity index (χ3n) is 3.62. The Morgan fingerprint density at radius 2 is 1.96 bits per heavy atom. The average molecular weight is 315 g/mol. The Kier molecular flexibility index (Phi) is 5.79. The zero-order valence-corrected chi connectivity index (χ0v) is 14.3. The molecule has 5 heteroatoms. The van der Waals surface area contributed by atoms with Crippen molar-refractivity contribution in [2.24, 2.45) is 5.92 Å². The van der Waals surface area contributed by atoms with Crippen molar-refractivity contribution >= 4 is 11.6 Å². The lowest BCUT2D eigenvalue weighted by atomic mass is 10.0. The predicted molar refractivity (Wildman–Crippen MR) is 93.6 cm³/mol. The van der Waals surface area contributed by atoms with Gasteiger partial charge >= 0.3 is 0 Å². The van der Waals surface area contributed by atoms with Crippen LogP contribution in [0.5, 0.6) is 5.75 Å². The Balaban J connectivity index is 2.13. The van der Waals surface area contributed by atoms with Crippen LogP contribution in [0.1, 0.15) is 38.4 Å². The number of H-pyrrole nitrogens is 1. The highest BCUT2D eigenvalue weighted by atomic mass is 16.5. The Hall–Kier alpha value is -2.30. The third kappa shape index (κ3) is 4.84. The number of aromatic nitrogens is 2. The monoisotopic (exact) mass is 315 g/mol. The van der Waals surface area contributed by atoms with Crippen LogP contribution < -0.4 is 15.6 Å². The molecule has 2 aromatic rings. The van der Waals surface area contributed by atoms with E-state index in [0.717, 1.165) is 35.5 Å². The van der Waals surface area contributed by atoms with Crippen LogP contribution in [0.15, 0.2) is 29.1 Å². The van der Waals surface area contributed by atoms with Crippen LogP contribution in [0.3, 0.4) is 0 Å². The quantitative estimate of drug-likeness (QED) is 0.815. The first-order valence-electron chi connectivity index (χ1n) is 8.09. The normalized spacial score (nSPS) is 10.8. The number of hydrogen-bond donors (Lipinski definition) is 2. The molecule has 1 aromatic carbocycles. The SMILES string of the molecule is CCOc1ccc(Nc2nc(C)c(CCC(C)C)c(=O)[nH]2)cc1. The summed E-state index contributed by atoms with van der Waals surface area (Å²) in [5.41, 5.74) is 2.34. The predicted octanol–water partition coefficient (Wildman–Crippen LogP) is 3.81. The first-order valence-corrected chi connectivity index (χ1v) is 8.09. The van der Waals surface area contributed by atoms with Gasteiger partial charge in [-0.05, 0) is 56.9 Å². The fourth-order valence-electron chi connectivity index (χ4n) is 2.33. The van der Waals surface area contributed by atoms with Gasteiger partial charge in [0, 0.05) is 16.9 Å². The lowest BCUT2D eigenvalue weighted by Gasteiger charge is -2.10. The number of rotatable bonds is 7. The number of hydrogen-bond acceptors (Lipinski definition) is 4. The molecule has 0 aliphatic carbocycles. The minimum Gasteiger partial charge on any atom is -0.494 e. The van der Waals surface area contributed by atoms with Gasteiger partial charge in [0.25, 0.3) is 5.56 Å². The molecule has 0 aliphatic rings. The Labute approximate surface area is 137 Å². The smallest absolute Gasteiger partial charge is 0.255 e. The highest BCUT2D eigenvalue weighted by Gasteiger charge is 2.09. The van der Waals surface area contributed by atoms with E-state index in [-0.39, 0.29) is 5.56 Å². The van der Waals surface area contributed by atoms with Crippen molar-refractivity contribution in [3.8, 4) is 5.75 Å². The van der Waals surface area contributed by atoms with E-state index < -0.39 is 0 Å². The number of benzene rings is 1. The van der Waals surface area contributed by atoms with Crippen LogP contribution in [-0.2, 0) is 6.42 Å². The van der Waals surface area contributed by atoms with Crippen molar-refractivity contribution in [2.75, 3.05) is 11.9 Å². The van der Waals surface area contributed by atoms with Crippen LogP contribution in [0.25, 0.3) is 0 Å². The van der Waals surface area contributed by atoms with E-state index in [0.29, 0.717) is 18.5 Å². The maximum absolute atomic E-state index is 12.2. The summed E-state index contributed by atoms with van der Waals surface area (Å²) in [4.78, 5) is 19.5. The topological polar surface area (TPSA) is 67.0 Å². The molecular weight excluding hydrogens is 290 g/mol. The van der Waals surface area contributed by atoms with Crippen molar-refractivity contribution in [3.63, 3.8) is 0 Å². The molecule has 23 heavy (non-hydrogen) atoms. The zero-order chi connectivity index (χ0) is 16.8. The minimum atomic E-state index is -0.0633. The van der Waals surface area contributed by atoms with Crippen LogP contribution in [0.2, 0.25) is 0 Å². The first-order chi connectivity index (χ1) is 11.0.